The van der Waals surface area contributed by atoms with E-state index in [0.717, 1.165) is 29.1 Å². The van der Waals surface area contributed by atoms with Crippen molar-refractivity contribution in [2.45, 2.75) is 63.2 Å². The van der Waals surface area contributed by atoms with Crippen molar-refractivity contribution in [3.8, 4) is 5.75 Å². The summed E-state index contributed by atoms with van der Waals surface area (Å²) in [4.78, 5) is 15.5. The maximum absolute atomic E-state index is 14.1. The van der Waals surface area contributed by atoms with Gasteiger partial charge in [0.05, 0.1) is 41.6 Å². The lowest BCUT2D eigenvalue weighted by Gasteiger charge is -2.35. The number of fused-ring (bicyclic) bond motifs is 1. The summed E-state index contributed by atoms with van der Waals surface area (Å²) in [6, 6.07) is 8.42. The molecule has 0 saturated carbocycles. The standard InChI is InChI=1S/C29H42FN3O8S2/c1-20-17-33(21(2)19-34)29(35)26-16-24(31-42(5,36)37)11-14-27(26)41-22(3)8-6-7-15-40-28(20)18-32(4)43(38,39)25-12-9-23(30)10-13-25/h9-14,16,20-22,28,31,34H,6-8,15,17-19H2,1-5H3/t20-,21+,22-,28+/m1/s1. The molecule has 0 unspecified atom stereocenters. The highest BCUT2D eigenvalue weighted by Gasteiger charge is 2.32. The zero-order valence-electron chi connectivity index (χ0n) is 25.2. The monoisotopic (exact) mass is 643 g/mol. The number of nitrogens with zero attached hydrogens (tertiary/aromatic N) is 2. The number of halogens is 1. The van der Waals surface area contributed by atoms with Gasteiger partial charge in [0.25, 0.3) is 5.91 Å². The number of likely N-dealkylation sites (N-methyl/N-ethyl adjacent to an activating group) is 1. The molecule has 0 saturated heterocycles. The number of ether oxygens (including phenoxy) is 2. The molecule has 240 valence electrons. The van der Waals surface area contributed by atoms with E-state index in [-0.39, 0.29) is 47.7 Å². The minimum Gasteiger partial charge on any atom is -0.490 e. The average Bonchev–Trinajstić information content (AvgIpc) is 2.93. The lowest BCUT2D eigenvalue weighted by Crippen LogP contribution is -2.48. The van der Waals surface area contributed by atoms with Crippen LogP contribution in [0.5, 0.6) is 5.75 Å². The number of carbonyl (C=O) groups is 1. The number of anilines is 1. The normalized spacial score (nSPS) is 21.9. The fraction of sp³-hybridized carbons (Fsp3) is 0.552. The fourth-order valence-corrected chi connectivity index (χ4v) is 6.54. The van der Waals surface area contributed by atoms with E-state index in [9.17, 15) is 31.1 Å². The number of aliphatic hydroxyl groups is 1. The zero-order chi connectivity index (χ0) is 31.9. The number of hydrogen-bond acceptors (Lipinski definition) is 8. The van der Waals surface area contributed by atoms with Crippen molar-refractivity contribution in [2.75, 3.05) is 44.3 Å². The van der Waals surface area contributed by atoms with Gasteiger partial charge in [-0.25, -0.2) is 21.2 Å². The Morgan fingerprint density at radius 1 is 1.12 bits per heavy atom. The number of carbonyl (C=O) groups excluding carboxylic acids is 1. The van der Waals surface area contributed by atoms with Crippen molar-refractivity contribution in [1.82, 2.24) is 9.21 Å². The van der Waals surface area contributed by atoms with Crippen LogP contribution in [-0.2, 0) is 24.8 Å². The van der Waals surface area contributed by atoms with E-state index < -0.39 is 49.8 Å². The smallest absolute Gasteiger partial charge is 0.258 e. The Morgan fingerprint density at radius 3 is 2.42 bits per heavy atom. The van der Waals surface area contributed by atoms with Crippen LogP contribution in [0.3, 0.4) is 0 Å². The highest BCUT2D eigenvalue weighted by atomic mass is 32.2. The molecule has 2 aromatic rings. The van der Waals surface area contributed by atoms with Crippen LogP contribution in [0.1, 0.15) is 50.4 Å². The Bertz CT molecular complexity index is 1450. The van der Waals surface area contributed by atoms with E-state index in [1.54, 1.807) is 13.0 Å². The van der Waals surface area contributed by atoms with Gasteiger partial charge >= 0.3 is 0 Å². The lowest BCUT2D eigenvalue weighted by atomic mass is 10.0. The number of hydrogen-bond donors (Lipinski definition) is 2. The summed E-state index contributed by atoms with van der Waals surface area (Å²) in [6.07, 6.45) is 2.19. The zero-order valence-corrected chi connectivity index (χ0v) is 26.8. The molecule has 1 amide bonds. The Balaban J connectivity index is 1.98. The first kappa shape index (κ1) is 34.7. The van der Waals surface area contributed by atoms with E-state index in [2.05, 4.69) is 4.72 Å². The first-order valence-corrected chi connectivity index (χ1v) is 17.5. The van der Waals surface area contributed by atoms with Crippen molar-refractivity contribution in [1.29, 1.82) is 0 Å². The Morgan fingerprint density at radius 2 is 1.79 bits per heavy atom. The first-order chi connectivity index (χ1) is 20.1. The second kappa shape index (κ2) is 14.8. The van der Waals surface area contributed by atoms with Gasteiger partial charge in [-0.2, -0.15) is 4.31 Å². The highest BCUT2D eigenvalue weighted by molar-refractivity contribution is 7.92. The second-order valence-electron chi connectivity index (χ2n) is 11.1. The summed E-state index contributed by atoms with van der Waals surface area (Å²) in [5, 5.41) is 10.1. The summed E-state index contributed by atoms with van der Waals surface area (Å²) >= 11 is 0. The predicted molar refractivity (Wildman–Crippen MR) is 162 cm³/mol. The first-order valence-electron chi connectivity index (χ1n) is 14.2. The molecule has 0 spiro atoms. The van der Waals surface area contributed by atoms with Gasteiger partial charge in [0, 0.05) is 38.3 Å². The van der Waals surface area contributed by atoms with E-state index >= 15 is 0 Å². The second-order valence-corrected chi connectivity index (χ2v) is 14.9. The van der Waals surface area contributed by atoms with Crippen LogP contribution >= 0.6 is 0 Å². The average molecular weight is 644 g/mol. The third-order valence-corrected chi connectivity index (χ3v) is 9.76. The summed E-state index contributed by atoms with van der Waals surface area (Å²) in [5.41, 5.74) is 0.309. The Labute approximate surface area is 254 Å². The minimum absolute atomic E-state index is 0.0328. The third kappa shape index (κ3) is 9.60. The Hall–Kier alpha value is -2.78. The molecule has 0 bridgehead atoms. The molecule has 4 atom stereocenters. The number of amides is 1. The number of aliphatic hydroxyl groups excluding tert-OH is 1. The number of sulfonamides is 2. The van der Waals surface area contributed by atoms with Gasteiger partial charge in [-0.1, -0.05) is 6.92 Å². The number of rotatable bonds is 8. The molecule has 1 aliphatic heterocycles. The van der Waals surface area contributed by atoms with Crippen LogP contribution in [0.15, 0.2) is 47.4 Å². The molecule has 43 heavy (non-hydrogen) atoms. The Kier molecular flexibility index (Phi) is 11.9. The van der Waals surface area contributed by atoms with E-state index in [1.165, 1.54) is 36.2 Å². The topological polar surface area (TPSA) is 143 Å². The molecule has 0 aromatic heterocycles. The van der Waals surface area contributed by atoms with Gasteiger partial charge in [0.2, 0.25) is 20.0 Å². The van der Waals surface area contributed by atoms with Gasteiger partial charge < -0.3 is 19.5 Å². The largest absolute Gasteiger partial charge is 0.490 e. The summed E-state index contributed by atoms with van der Waals surface area (Å²) in [6.45, 7) is 5.45. The molecule has 1 heterocycles. The summed E-state index contributed by atoms with van der Waals surface area (Å²) in [5.74, 6) is -1.15. The van der Waals surface area contributed by atoms with Crippen molar-refractivity contribution in [3.05, 3.63) is 53.8 Å². The van der Waals surface area contributed by atoms with Crippen LogP contribution in [0.4, 0.5) is 10.1 Å². The fourth-order valence-electron chi connectivity index (χ4n) is 4.80. The van der Waals surface area contributed by atoms with Crippen molar-refractivity contribution in [3.63, 3.8) is 0 Å². The van der Waals surface area contributed by atoms with Crippen molar-refractivity contribution >= 4 is 31.6 Å². The van der Waals surface area contributed by atoms with Crippen molar-refractivity contribution < 1.29 is 40.6 Å². The number of nitrogens with one attached hydrogen (secondary N) is 1. The van der Waals surface area contributed by atoms with Gasteiger partial charge in [0.1, 0.15) is 11.6 Å². The minimum atomic E-state index is -3.96. The SMILES string of the molecule is C[C@@H]1CCCCO[C@@H](CN(C)S(=O)(=O)c2ccc(F)cc2)[C@H](C)CN([C@@H](C)CO)C(=O)c2cc(NS(C)(=O)=O)ccc2O1. The molecule has 3 rings (SSSR count). The van der Waals surface area contributed by atoms with Crippen LogP contribution in [0.25, 0.3) is 0 Å². The van der Waals surface area contributed by atoms with Gasteiger partial charge in [-0.15, -0.1) is 0 Å². The molecule has 2 aromatic carbocycles. The van der Waals surface area contributed by atoms with E-state index in [4.69, 9.17) is 9.47 Å². The molecule has 0 fully saturated rings. The van der Waals surface area contributed by atoms with E-state index in [0.29, 0.717) is 19.4 Å². The van der Waals surface area contributed by atoms with Crippen LogP contribution < -0.4 is 9.46 Å². The van der Waals surface area contributed by atoms with Crippen LogP contribution in [0.2, 0.25) is 0 Å². The summed E-state index contributed by atoms with van der Waals surface area (Å²) < 4.78 is 79.6. The van der Waals surface area contributed by atoms with Crippen LogP contribution in [0, 0.1) is 11.7 Å². The maximum atomic E-state index is 14.1. The van der Waals surface area contributed by atoms with Gasteiger partial charge in [-0.05, 0) is 75.6 Å². The molecular formula is C29H42FN3O8S2. The molecule has 0 aliphatic carbocycles. The summed E-state index contributed by atoms with van der Waals surface area (Å²) in [7, 11) is -6.16. The van der Waals surface area contributed by atoms with Crippen molar-refractivity contribution in [2.24, 2.45) is 5.92 Å². The highest BCUT2D eigenvalue weighted by Crippen LogP contribution is 2.29. The molecular weight excluding hydrogens is 601 g/mol. The van der Waals surface area contributed by atoms with Gasteiger partial charge in [0.15, 0.2) is 0 Å². The molecule has 11 nitrogen and oxygen atoms in total. The maximum Gasteiger partial charge on any atom is 0.258 e. The molecule has 2 N–H and O–H groups in total. The van der Waals surface area contributed by atoms with Gasteiger partial charge in [-0.3, -0.25) is 9.52 Å². The molecule has 14 heteroatoms. The van der Waals surface area contributed by atoms with Crippen LogP contribution in [-0.4, -0.2) is 94.9 Å². The predicted octanol–water partition coefficient (Wildman–Crippen LogP) is 3.31. The molecule has 0 radical (unpaired) electrons. The third-order valence-electron chi connectivity index (χ3n) is 7.31. The number of benzene rings is 2. The van der Waals surface area contributed by atoms with E-state index in [1.807, 2.05) is 13.8 Å². The quantitative estimate of drug-likeness (QED) is 0.446. The lowest BCUT2D eigenvalue weighted by molar-refractivity contribution is -0.00833. The molecule has 1 aliphatic rings.